The Bertz CT molecular complexity index is 449. The molecule has 0 bridgehead atoms. The molecule has 0 unspecified atom stereocenters. The van der Waals surface area contributed by atoms with Gasteiger partial charge in [-0.05, 0) is 6.92 Å². The molecule has 0 saturated heterocycles. The number of aromatic nitrogens is 1. The van der Waals surface area contributed by atoms with Gasteiger partial charge in [0, 0.05) is 5.57 Å². The Hall–Kier alpha value is -1.81. The number of H-pyrrole nitrogens is 1. The molecule has 0 saturated carbocycles. The highest BCUT2D eigenvalue weighted by Crippen LogP contribution is 2.16. The van der Waals surface area contributed by atoms with Crippen molar-refractivity contribution < 1.29 is 9.63 Å². The predicted octanol–water partition coefficient (Wildman–Crippen LogP) is 2.63. The van der Waals surface area contributed by atoms with Crippen molar-refractivity contribution in [3.8, 4) is 0 Å². The lowest BCUT2D eigenvalue weighted by Crippen LogP contribution is -2.02. The summed E-state index contributed by atoms with van der Waals surface area (Å²) in [6, 6.07) is 0. The highest BCUT2D eigenvalue weighted by molar-refractivity contribution is 5.74. The number of nitrogens with one attached hydrogen (secondary N) is 1. The van der Waals surface area contributed by atoms with Crippen LogP contribution in [0.15, 0.2) is 40.2 Å². The molecule has 0 aliphatic rings. The summed E-state index contributed by atoms with van der Waals surface area (Å²) in [5.74, 6) is 0. The zero-order valence-electron chi connectivity index (χ0n) is 10.5. The van der Waals surface area contributed by atoms with E-state index in [-0.39, 0.29) is 12.2 Å². The van der Waals surface area contributed by atoms with Crippen LogP contribution in [0.3, 0.4) is 0 Å². The van der Waals surface area contributed by atoms with Crippen LogP contribution in [-0.4, -0.2) is 10.3 Å². The molecule has 17 heavy (non-hydrogen) atoms. The number of aliphatic hydroxyl groups is 1. The van der Waals surface area contributed by atoms with Gasteiger partial charge < -0.3 is 9.63 Å². The van der Waals surface area contributed by atoms with Crippen LogP contribution in [0.4, 0.5) is 0 Å². The van der Waals surface area contributed by atoms with Gasteiger partial charge in [-0.2, -0.15) is 0 Å². The molecule has 0 atom stereocenters. The van der Waals surface area contributed by atoms with Crippen LogP contribution in [0.25, 0.3) is 5.57 Å². The SMILES string of the molecule is C=C/C=C(\C=C/C)c1[nH]oc(=O)c1CO.CC. The monoisotopic (exact) mass is 237 g/mol. The number of hydrogen-bond acceptors (Lipinski definition) is 3. The average Bonchev–Trinajstić information content (AvgIpc) is 2.72. The second-order valence-electron chi connectivity index (χ2n) is 2.86. The zero-order chi connectivity index (χ0) is 13.3. The van der Waals surface area contributed by atoms with Gasteiger partial charge >= 0.3 is 5.63 Å². The van der Waals surface area contributed by atoms with E-state index in [1.54, 1.807) is 18.2 Å². The molecule has 2 N–H and O–H groups in total. The first-order chi connectivity index (χ1) is 8.24. The maximum absolute atomic E-state index is 11.1. The van der Waals surface area contributed by atoms with Gasteiger partial charge in [0.25, 0.3) is 0 Å². The fourth-order valence-corrected chi connectivity index (χ4v) is 1.23. The van der Waals surface area contributed by atoms with Crippen molar-refractivity contribution in [2.45, 2.75) is 27.4 Å². The van der Waals surface area contributed by atoms with Crippen LogP contribution >= 0.6 is 0 Å². The van der Waals surface area contributed by atoms with E-state index in [4.69, 9.17) is 5.11 Å². The minimum Gasteiger partial charge on any atom is -0.391 e. The zero-order valence-corrected chi connectivity index (χ0v) is 10.5. The standard InChI is InChI=1S/C11H13NO3.C2H6/c1-3-5-8(6-4-2)10-9(7-13)11(14)15-12-10;1-2/h3-6,12-13H,1,7H2,2H3;1-2H3/b6-4-,8-5+;. The van der Waals surface area contributed by atoms with Crippen molar-refractivity contribution in [3.05, 3.63) is 52.6 Å². The molecule has 0 aliphatic carbocycles. The van der Waals surface area contributed by atoms with E-state index in [0.29, 0.717) is 5.69 Å². The summed E-state index contributed by atoms with van der Waals surface area (Å²) in [5.41, 5.74) is 0.899. The minimum atomic E-state index is -0.549. The Labute approximate surface area is 101 Å². The predicted molar refractivity (Wildman–Crippen MR) is 69.6 cm³/mol. The van der Waals surface area contributed by atoms with E-state index in [0.717, 1.165) is 5.57 Å². The first-order valence-corrected chi connectivity index (χ1v) is 5.51. The Morgan fingerprint density at radius 3 is 2.65 bits per heavy atom. The Balaban J connectivity index is 0.00000121. The highest BCUT2D eigenvalue weighted by atomic mass is 16.5. The maximum atomic E-state index is 11.1. The minimum absolute atomic E-state index is 0.223. The van der Waals surface area contributed by atoms with E-state index in [1.165, 1.54) is 0 Å². The third kappa shape index (κ3) is 3.92. The van der Waals surface area contributed by atoms with Crippen molar-refractivity contribution in [3.63, 3.8) is 0 Å². The van der Waals surface area contributed by atoms with Gasteiger partial charge in [-0.1, -0.05) is 44.7 Å². The summed E-state index contributed by atoms with van der Waals surface area (Å²) < 4.78 is 4.61. The van der Waals surface area contributed by atoms with E-state index >= 15 is 0 Å². The van der Waals surface area contributed by atoms with Gasteiger partial charge in [0.1, 0.15) is 0 Å². The van der Waals surface area contributed by atoms with Gasteiger partial charge in [0.15, 0.2) is 0 Å². The van der Waals surface area contributed by atoms with Gasteiger partial charge in [-0.15, -0.1) is 0 Å². The molecule has 0 amide bonds. The van der Waals surface area contributed by atoms with Crippen molar-refractivity contribution >= 4 is 5.57 Å². The molecule has 1 rings (SSSR count). The summed E-state index contributed by atoms with van der Waals surface area (Å²) in [7, 11) is 0. The molecule has 94 valence electrons. The molecule has 4 nitrogen and oxygen atoms in total. The molecule has 0 fully saturated rings. The van der Waals surface area contributed by atoms with Crippen LogP contribution in [-0.2, 0) is 6.61 Å². The summed E-state index contributed by atoms with van der Waals surface area (Å²) >= 11 is 0. The summed E-state index contributed by atoms with van der Waals surface area (Å²) in [4.78, 5) is 11.1. The second-order valence-corrected chi connectivity index (χ2v) is 2.86. The molecule has 0 aromatic carbocycles. The van der Waals surface area contributed by atoms with E-state index in [2.05, 4.69) is 16.3 Å². The van der Waals surface area contributed by atoms with Crippen LogP contribution in [0, 0.1) is 0 Å². The molecule has 0 aliphatic heterocycles. The fourth-order valence-electron chi connectivity index (χ4n) is 1.23. The van der Waals surface area contributed by atoms with Crippen LogP contribution in [0.1, 0.15) is 32.0 Å². The summed E-state index contributed by atoms with van der Waals surface area (Å²) in [5, 5.41) is 11.5. The average molecular weight is 237 g/mol. The molecule has 0 spiro atoms. The van der Waals surface area contributed by atoms with Gasteiger partial charge in [0.05, 0.1) is 17.9 Å². The lowest BCUT2D eigenvalue weighted by atomic mass is 10.1. The first-order valence-electron chi connectivity index (χ1n) is 5.51. The van der Waals surface area contributed by atoms with Gasteiger partial charge in [0.2, 0.25) is 0 Å². The van der Waals surface area contributed by atoms with Crippen molar-refractivity contribution in [2.75, 3.05) is 0 Å². The summed E-state index contributed by atoms with van der Waals surface area (Å²) in [6.07, 6.45) is 6.94. The Morgan fingerprint density at radius 2 is 2.18 bits per heavy atom. The second kappa shape index (κ2) is 8.35. The maximum Gasteiger partial charge on any atom is 0.363 e. The Kier molecular flexibility index (Phi) is 7.46. The van der Waals surface area contributed by atoms with Crippen LogP contribution < -0.4 is 5.63 Å². The van der Waals surface area contributed by atoms with Crippen LogP contribution in [0.2, 0.25) is 0 Å². The largest absolute Gasteiger partial charge is 0.391 e. The Morgan fingerprint density at radius 1 is 1.53 bits per heavy atom. The van der Waals surface area contributed by atoms with Crippen LogP contribution in [0.5, 0.6) is 0 Å². The van der Waals surface area contributed by atoms with E-state index < -0.39 is 5.63 Å². The third-order valence-corrected chi connectivity index (χ3v) is 1.88. The number of aromatic amines is 1. The molecule has 4 heteroatoms. The smallest absolute Gasteiger partial charge is 0.363 e. The van der Waals surface area contributed by atoms with Gasteiger partial charge in [-0.3, -0.25) is 0 Å². The highest BCUT2D eigenvalue weighted by Gasteiger charge is 2.12. The lowest BCUT2D eigenvalue weighted by Gasteiger charge is -1.98. The van der Waals surface area contributed by atoms with Crippen molar-refractivity contribution in [1.29, 1.82) is 0 Å². The molecule has 1 aromatic heterocycles. The molecule has 0 radical (unpaired) electrons. The third-order valence-electron chi connectivity index (χ3n) is 1.88. The quantitative estimate of drug-likeness (QED) is 0.791. The van der Waals surface area contributed by atoms with Crippen molar-refractivity contribution in [1.82, 2.24) is 5.16 Å². The number of rotatable bonds is 4. The first kappa shape index (κ1) is 15.2. The number of allylic oxidation sites excluding steroid dienone is 5. The topological polar surface area (TPSA) is 66.2 Å². The van der Waals surface area contributed by atoms with Crippen molar-refractivity contribution in [2.24, 2.45) is 0 Å². The number of hydrogen-bond donors (Lipinski definition) is 2. The van der Waals surface area contributed by atoms with Gasteiger partial charge in [-0.25, -0.2) is 9.95 Å². The number of aliphatic hydroxyl groups excluding tert-OH is 1. The molecular weight excluding hydrogens is 218 g/mol. The van der Waals surface area contributed by atoms with E-state index in [1.807, 2.05) is 26.8 Å². The summed E-state index contributed by atoms with van der Waals surface area (Å²) in [6.45, 7) is 9.08. The fraction of sp³-hybridized carbons (Fsp3) is 0.308. The lowest BCUT2D eigenvalue weighted by molar-refractivity contribution is 0.277. The molecule has 1 aromatic rings. The van der Waals surface area contributed by atoms with E-state index in [9.17, 15) is 4.79 Å². The molecule has 1 heterocycles. The normalized spacial score (nSPS) is 11.2. The molecular formula is C13H19NO3.